The van der Waals surface area contributed by atoms with Gasteiger partial charge in [-0.1, -0.05) is 30.3 Å². The first-order chi connectivity index (χ1) is 10.3. The third kappa shape index (κ3) is 6.27. The maximum absolute atomic E-state index is 11.6. The molecule has 0 aliphatic heterocycles. The van der Waals surface area contributed by atoms with Crippen LogP contribution in [0, 0.1) is 0 Å². The van der Waals surface area contributed by atoms with Gasteiger partial charge < -0.3 is 14.8 Å². The van der Waals surface area contributed by atoms with Crippen LogP contribution >= 0.6 is 0 Å². The van der Waals surface area contributed by atoms with Gasteiger partial charge in [0.2, 0.25) is 0 Å². The molecule has 1 aromatic rings. The Morgan fingerprint density at radius 2 is 2.05 bits per heavy atom. The summed E-state index contributed by atoms with van der Waals surface area (Å²) in [6.45, 7) is 1.32. The van der Waals surface area contributed by atoms with Crippen molar-refractivity contribution in [3.8, 4) is 0 Å². The number of methoxy groups -OCH3 is 1. The molecule has 1 saturated carbocycles. The molecule has 0 aromatic heterocycles. The Morgan fingerprint density at radius 1 is 1.29 bits per heavy atom. The lowest BCUT2D eigenvalue weighted by molar-refractivity contribution is -0.143. The van der Waals surface area contributed by atoms with Crippen molar-refractivity contribution >= 4 is 5.97 Å². The zero-order chi connectivity index (χ0) is 14.9. The van der Waals surface area contributed by atoms with Gasteiger partial charge in [0, 0.05) is 19.3 Å². The standard InChI is InChI=1S/C17H25NO3/c1-20-17(19)16(18-15-9-10-15)11-13-21-12-5-8-14-6-3-2-4-7-14/h2-4,6-7,15-16,18H,5,8-13H2,1H3. The number of aryl methyl sites for hydroxylation is 1. The lowest BCUT2D eigenvalue weighted by Gasteiger charge is -2.16. The van der Waals surface area contributed by atoms with Crippen molar-refractivity contribution in [2.24, 2.45) is 0 Å². The number of carbonyl (C=O) groups is 1. The normalized spacial score (nSPS) is 15.7. The fourth-order valence-electron chi connectivity index (χ4n) is 2.27. The Hall–Kier alpha value is -1.39. The zero-order valence-corrected chi connectivity index (χ0v) is 12.7. The molecular weight excluding hydrogens is 266 g/mol. The van der Waals surface area contributed by atoms with Crippen LogP contribution in [0.4, 0.5) is 0 Å². The maximum atomic E-state index is 11.6. The fourth-order valence-corrected chi connectivity index (χ4v) is 2.27. The number of ether oxygens (including phenoxy) is 2. The number of hydrogen-bond acceptors (Lipinski definition) is 4. The molecule has 4 heteroatoms. The van der Waals surface area contributed by atoms with Crippen molar-refractivity contribution in [1.82, 2.24) is 5.32 Å². The Balaban J connectivity index is 1.55. The highest BCUT2D eigenvalue weighted by Gasteiger charge is 2.28. The van der Waals surface area contributed by atoms with Crippen LogP contribution in [-0.2, 0) is 20.7 Å². The molecule has 0 amide bonds. The van der Waals surface area contributed by atoms with Gasteiger partial charge >= 0.3 is 5.97 Å². The Labute approximate surface area is 126 Å². The third-order valence-corrected chi connectivity index (χ3v) is 3.65. The van der Waals surface area contributed by atoms with Crippen molar-refractivity contribution < 1.29 is 14.3 Å². The molecule has 1 N–H and O–H groups in total. The second-order valence-electron chi connectivity index (χ2n) is 5.51. The van der Waals surface area contributed by atoms with E-state index in [4.69, 9.17) is 9.47 Å². The van der Waals surface area contributed by atoms with Crippen LogP contribution in [0.2, 0.25) is 0 Å². The lowest BCUT2D eigenvalue weighted by Crippen LogP contribution is -2.39. The van der Waals surface area contributed by atoms with E-state index in [0.717, 1.165) is 32.3 Å². The SMILES string of the molecule is COC(=O)C(CCOCCCc1ccccc1)NC1CC1. The van der Waals surface area contributed by atoms with Gasteiger partial charge in [0.1, 0.15) is 6.04 Å². The minimum Gasteiger partial charge on any atom is -0.468 e. The molecule has 21 heavy (non-hydrogen) atoms. The zero-order valence-electron chi connectivity index (χ0n) is 12.7. The molecule has 1 aliphatic carbocycles. The van der Waals surface area contributed by atoms with Crippen molar-refractivity contribution in [1.29, 1.82) is 0 Å². The highest BCUT2D eigenvalue weighted by Crippen LogP contribution is 2.20. The summed E-state index contributed by atoms with van der Waals surface area (Å²) < 4.78 is 10.5. The molecule has 1 fully saturated rings. The summed E-state index contributed by atoms with van der Waals surface area (Å²) in [7, 11) is 1.44. The van der Waals surface area contributed by atoms with E-state index in [1.54, 1.807) is 0 Å². The third-order valence-electron chi connectivity index (χ3n) is 3.65. The summed E-state index contributed by atoms with van der Waals surface area (Å²) >= 11 is 0. The molecule has 0 spiro atoms. The molecule has 1 aliphatic rings. The number of esters is 1. The molecule has 116 valence electrons. The summed E-state index contributed by atoms with van der Waals surface area (Å²) in [5.41, 5.74) is 1.34. The van der Waals surface area contributed by atoms with Crippen molar-refractivity contribution in [3.63, 3.8) is 0 Å². The van der Waals surface area contributed by atoms with Crippen LogP contribution in [-0.4, -0.2) is 38.4 Å². The van der Waals surface area contributed by atoms with E-state index >= 15 is 0 Å². The van der Waals surface area contributed by atoms with Gasteiger partial charge in [-0.3, -0.25) is 4.79 Å². The minimum absolute atomic E-state index is 0.185. The van der Waals surface area contributed by atoms with Crippen LogP contribution in [0.3, 0.4) is 0 Å². The topological polar surface area (TPSA) is 47.6 Å². The minimum atomic E-state index is -0.225. The number of nitrogens with one attached hydrogen (secondary N) is 1. The summed E-state index contributed by atoms with van der Waals surface area (Å²) in [5.74, 6) is -0.185. The van der Waals surface area contributed by atoms with Gasteiger partial charge in [-0.05, 0) is 37.7 Å². The average molecular weight is 291 g/mol. The van der Waals surface area contributed by atoms with E-state index in [2.05, 4.69) is 29.6 Å². The smallest absolute Gasteiger partial charge is 0.322 e. The molecule has 0 bridgehead atoms. The van der Waals surface area contributed by atoms with E-state index in [0.29, 0.717) is 19.1 Å². The van der Waals surface area contributed by atoms with E-state index in [9.17, 15) is 4.79 Å². The fraction of sp³-hybridized carbons (Fsp3) is 0.588. The van der Waals surface area contributed by atoms with Crippen LogP contribution in [0.15, 0.2) is 30.3 Å². The molecule has 2 rings (SSSR count). The number of hydrogen-bond donors (Lipinski definition) is 1. The number of benzene rings is 1. The second-order valence-corrected chi connectivity index (χ2v) is 5.51. The van der Waals surface area contributed by atoms with E-state index in [1.807, 2.05) is 6.07 Å². The lowest BCUT2D eigenvalue weighted by atomic mass is 10.1. The van der Waals surface area contributed by atoms with Crippen LogP contribution in [0.5, 0.6) is 0 Å². The van der Waals surface area contributed by atoms with Crippen LogP contribution in [0.25, 0.3) is 0 Å². The highest BCUT2D eigenvalue weighted by atomic mass is 16.5. The maximum Gasteiger partial charge on any atom is 0.322 e. The van der Waals surface area contributed by atoms with Crippen molar-refractivity contribution in [2.75, 3.05) is 20.3 Å². The first-order valence-electron chi connectivity index (χ1n) is 7.75. The van der Waals surface area contributed by atoms with Gasteiger partial charge in [0.15, 0.2) is 0 Å². The molecule has 1 aromatic carbocycles. The number of rotatable bonds is 10. The summed E-state index contributed by atoms with van der Waals surface area (Å²) in [6.07, 6.45) is 5.02. The first kappa shape index (κ1) is 16.0. The average Bonchev–Trinajstić information content (AvgIpc) is 3.33. The predicted octanol–water partition coefficient (Wildman–Crippen LogP) is 2.32. The molecule has 1 unspecified atom stereocenters. The summed E-state index contributed by atoms with van der Waals surface area (Å²) in [5, 5.41) is 3.30. The summed E-state index contributed by atoms with van der Waals surface area (Å²) in [4.78, 5) is 11.6. The van der Waals surface area contributed by atoms with E-state index in [1.165, 1.54) is 12.7 Å². The Kier molecular flexibility index (Phi) is 6.70. The van der Waals surface area contributed by atoms with Crippen molar-refractivity contribution in [2.45, 2.75) is 44.2 Å². The summed E-state index contributed by atoms with van der Waals surface area (Å²) in [6, 6.07) is 10.7. The van der Waals surface area contributed by atoms with Crippen LogP contribution < -0.4 is 5.32 Å². The van der Waals surface area contributed by atoms with Gasteiger partial charge in [-0.2, -0.15) is 0 Å². The van der Waals surface area contributed by atoms with Gasteiger partial charge in [-0.15, -0.1) is 0 Å². The second kappa shape index (κ2) is 8.80. The number of carbonyl (C=O) groups excluding carboxylic acids is 1. The molecule has 4 nitrogen and oxygen atoms in total. The van der Waals surface area contributed by atoms with Crippen LogP contribution in [0.1, 0.15) is 31.2 Å². The van der Waals surface area contributed by atoms with E-state index in [-0.39, 0.29) is 12.0 Å². The monoisotopic (exact) mass is 291 g/mol. The first-order valence-corrected chi connectivity index (χ1v) is 7.75. The van der Waals surface area contributed by atoms with Crippen molar-refractivity contribution in [3.05, 3.63) is 35.9 Å². The predicted molar refractivity (Wildman–Crippen MR) is 82.2 cm³/mol. The van der Waals surface area contributed by atoms with E-state index < -0.39 is 0 Å². The molecule has 0 heterocycles. The van der Waals surface area contributed by atoms with Gasteiger partial charge in [-0.25, -0.2) is 0 Å². The Morgan fingerprint density at radius 3 is 2.71 bits per heavy atom. The quantitative estimate of drug-likeness (QED) is 0.531. The molecular formula is C17H25NO3. The van der Waals surface area contributed by atoms with Gasteiger partial charge in [0.05, 0.1) is 7.11 Å². The van der Waals surface area contributed by atoms with Gasteiger partial charge in [0.25, 0.3) is 0 Å². The molecule has 0 saturated heterocycles. The largest absolute Gasteiger partial charge is 0.468 e. The highest BCUT2D eigenvalue weighted by molar-refractivity contribution is 5.75. The molecule has 1 atom stereocenters. The Bertz CT molecular complexity index is 417. The molecule has 0 radical (unpaired) electrons.